The van der Waals surface area contributed by atoms with Crippen molar-refractivity contribution in [2.24, 2.45) is 0 Å². The number of nitrogens with zero attached hydrogens (tertiary/aromatic N) is 3. The van der Waals surface area contributed by atoms with Crippen LogP contribution in [0.4, 0.5) is 5.13 Å². The van der Waals surface area contributed by atoms with Crippen LogP contribution >= 0.6 is 11.3 Å². The smallest absolute Gasteiger partial charge is 0.260 e. The van der Waals surface area contributed by atoms with Crippen LogP contribution in [0.2, 0.25) is 0 Å². The van der Waals surface area contributed by atoms with E-state index in [2.05, 4.69) is 4.90 Å². The number of aromatic nitrogens is 1. The molecular formula is C23H29N3O2S. The highest BCUT2D eigenvalue weighted by Gasteiger charge is 2.22. The minimum absolute atomic E-state index is 0.00837. The van der Waals surface area contributed by atoms with Crippen LogP contribution in [-0.4, -0.2) is 49.6 Å². The van der Waals surface area contributed by atoms with Gasteiger partial charge in [-0.15, -0.1) is 0 Å². The molecule has 0 radical (unpaired) electrons. The summed E-state index contributed by atoms with van der Waals surface area (Å²) in [6.45, 7) is 8.13. The number of hydrogen-bond acceptors (Lipinski definition) is 5. The Morgan fingerprint density at radius 1 is 1.10 bits per heavy atom. The average Bonchev–Trinajstić information content (AvgIpc) is 3.09. The number of anilines is 1. The molecule has 0 aliphatic heterocycles. The predicted octanol–water partition coefficient (Wildman–Crippen LogP) is 4.91. The molecule has 0 aliphatic rings. The topological polar surface area (TPSA) is 45.7 Å². The Morgan fingerprint density at radius 2 is 1.90 bits per heavy atom. The highest BCUT2D eigenvalue weighted by atomic mass is 32.1. The molecule has 3 rings (SSSR count). The van der Waals surface area contributed by atoms with Gasteiger partial charge < -0.3 is 9.64 Å². The molecule has 6 heteroatoms. The average molecular weight is 412 g/mol. The molecule has 29 heavy (non-hydrogen) atoms. The van der Waals surface area contributed by atoms with E-state index in [0.717, 1.165) is 50.8 Å². The lowest BCUT2D eigenvalue weighted by Crippen LogP contribution is -2.34. The molecule has 0 aliphatic carbocycles. The highest BCUT2D eigenvalue weighted by molar-refractivity contribution is 7.22. The summed E-state index contributed by atoms with van der Waals surface area (Å²) in [7, 11) is 4.09. The molecule has 1 amide bonds. The molecule has 0 N–H and O–H groups in total. The molecule has 154 valence electrons. The van der Waals surface area contributed by atoms with Crippen molar-refractivity contribution in [3.63, 3.8) is 0 Å². The van der Waals surface area contributed by atoms with Crippen molar-refractivity contribution in [1.82, 2.24) is 9.88 Å². The second-order valence-corrected chi connectivity index (χ2v) is 8.50. The second-order valence-electron chi connectivity index (χ2n) is 7.49. The first-order valence-corrected chi connectivity index (χ1v) is 10.8. The molecular weight excluding hydrogens is 382 g/mol. The van der Waals surface area contributed by atoms with Gasteiger partial charge in [0.05, 0.1) is 16.8 Å². The molecule has 1 heterocycles. The van der Waals surface area contributed by atoms with Crippen molar-refractivity contribution in [2.75, 3.05) is 38.7 Å². The van der Waals surface area contributed by atoms with E-state index < -0.39 is 0 Å². The van der Waals surface area contributed by atoms with E-state index >= 15 is 0 Å². The van der Waals surface area contributed by atoms with Gasteiger partial charge in [-0.1, -0.05) is 29.0 Å². The van der Waals surface area contributed by atoms with Crippen LogP contribution < -0.4 is 9.64 Å². The maximum Gasteiger partial charge on any atom is 0.260 e. The summed E-state index contributed by atoms with van der Waals surface area (Å²) in [6.07, 6.45) is 0.879. The van der Waals surface area contributed by atoms with E-state index in [1.165, 1.54) is 11.3 Å². The van der Waals surface area contributed by atoms with Crippen molar-refractivity contribution in [3.8, 4) is 5.75 Å². The van der Waals surface area contributed by atoms with Gasteiger partial charge in [-0.05, 0) is 77.7 Å². The minimum Gasteiger partial charge on any atom is -0.494 e. The number of benzene rings is 2. The van der Waals surface area contributed by atoms with Gasteiger partial charge in [0.1, 0.15) is 5.75 Å². The summed E-state index contributed by atoms with van der Waals surface area (Å²) in [4.78, 5) is 22.2. The molecule has 0 bridgehead atoms. The number of carbonyl (C=O) groups is 1. The zero-order valence-corrected chi connectivity index (χ0v) is 18.7. The largest absolute Gasteiger partial charge is 0.494 e. The zero-order chi connectivity index (χ0) is 21.0. The molecule has 0 saturated heterocycles. The lowest BCUT2D eigenvalue weighted by molar-refractivity contribution is 0.0985. The Hall–Kier alpha value is -2.44. The van der Waals surface area contributed by atoms with Crippen LogP contribution in [0.25, 0.3) is 10.2 Å². The summed E-state index contributed by atoms with van der Waals surface area (Å²) in [5.41, 5.74) is 3.69. The highest BCUT2D eigenvalue weighted by Crippen LogP contribution is 2.32. The van der Waals surface area contributed by atoms with Gasteiger partial charge in [0.15, 0.2) is 5.13 Å². The summed E-state index contributed by atoms with van der Waals surface area (Å²) >= 11 is 1.54. The number of carbonyl (C=O) groups excluding carboxylic acids is 1. The number of aryl methyl sites for hydroxylation is 2. The SMILES string of the molecule is CCOc1ccc2nc(N(CCCN(C)C)C(=O)c3cc(C)ccc3C)sc2c1. The van der Waals surface area contributed by atoms with E-state index in [-0.39, 0.29) is 5.91 Å². The molecule has 3 aromatic rings. The molecule has 0 fully saturated rings. The third kappa shape index (κ3) is 5.14. The Bertz CT molecular complexity index is 997. The van der Waals surface area contributed by atoms with Crippen molar-refractivity contribution >= 4 is 32.6 Å². The maximum absolute atomic E-state index is 13.5. The Morgan fingerprint density at radius 3 is 2.62 bits per heavy atom. The molecule has 0 unspecified atom stereocenters. The van der Waals surface area contributed by atoms with E-state index in [1.54, 1.807) is 0 Å². The molecule has 0 saturated carbocycles. The zero-order valence-electron chi connectivity index (χ0n) is 17.9. The fourth-order valence-corrected chi connectivity index (χ4v) is 4.22. The third-order valence-electron chi connectivity index (χ3n) is 4.75. The van der Waals surface area contributed by atoms with Gasteiger partial charge in [0.2, 0.25) is 0 Å². The maximum atomic E-state index is 13.5. The monoisotopic (exact) mass is 411 g/mol. The van der Waals surface area contributed by atoms with E-state index in [9.17, 15) is 4.79 Å². The summed E-state index contributed by atoms with van der Waals surface area (Å²) in [5.74, 6) is 0.837. The van der Waals surface area contributed by atoms with Crippen LogP contribution in [0.3, 0.4) is 0 Å². The van der Waals surface area contributed by atoms with Gasteiger partial charge in [-0.3, -0.25) is 9.69 Å². The second kappa shape index (κ2) is 9.37. The number of fused-ring (bicyclic) bond motifs is 1. The van der Waals surface area contributed by atoms with Crippen LogP contribution in [0.5, 0.6) is 5.75 Å². The quantitative estimate of drug-likeness (QED) is 0.528. The van der Waals surface area contributed by atoms with Gasteiger partial charge in [-0.25, -0.2) is 4.98 Å². The lowest BCUT2D eigenvalue weighted by atomic mass is 10.0. The predicted molar refractivity (Wildman–Crippen MR) is 122 cm³/mol. The Kier molecular flexibility index (Phi) is 6.87. The third-order valence-corrected chi connectivity index (χ3v) is 5.79. The van der Waals surface area contributed by atoms with Crippen molar-refractivity contribution in [1.29, 1.82) is 0 Å². The number of amides is 1. The van der Waals surface area contributed by atoms with Crippen LogP contribution in [0, 0.1) is 13.8 Å². The molecule has 5 nitrogen and oxygen atoms in total. The lowest BCUT2D eigenvalue weighted by Gasteiger charge is -2.22. The van der Waals surface area contributed by atoms with Crippen LogP contribution in [0.1, 0.15) is 34.8 Å². The molecule has 2 aromatic carbocycles. The molecule has 0 spiro atoms. The summed E-state index contributed by atoms with van der Waals surface area (Å²) < 4.78 is 6.64. The molecule has 1 aromatic heterocycles. The Labute approximate surface area is 176 Å². The van der Waals surface area contributed by atoms with Crippen molar-refractivity contribution in [3.05, 3.63) is 53.1 Å². The first kappa shape index (κ1) is 21.3. The standard InChI is InChI=1S/C23H29N3O2S/c1-6-28-18-10-11-20-21(15-18)29-23(24-20)26(13-7-12-25(4)5)22(27)19-14-16(2)8-9-17(19)3/h8-11,14-15H,6-7,12-13H2,1-5H3. The fraction of sp³-hybridized carbons (Fsp3) is 0.391. The van der Waals surface area contributed by atoms with E-state index in [1.807, 2.05) is 76.2 Å². The van der Waals surface area contributed by atoms with Crippen molar-refractivity contribution in [2.45, 2.75) is 27.2 Å². The van der Waals surface area contributed by atoms with E-state index in [0.29, 0.717) is 13.2 Å². The fourth-order valence-electron chi connectivity index (χ4n) is 3.21. The summed E-state index contributed by atoms with van der Waals surface area (Å²) in [5, 5.41) is 0.735. The van der Waals surface area contributed by atoms with E-state index in [4.69, 9.17) is 9.72 Å². The number of ether oxygens (including phenoxy) is 1. The van der Waals surface area contributed by atoms with Gasteiger partial charge in [0, 0.05) is 12.1 Å². The van der Waals surface area contributed by atoms with Crippen LogP contribution in [-0.2, 0) is 0 Å². The van der Waals surface area contributed by atoms with Gasteiger partial charge >= 0.3 is 0 Å². The Balaban J connectivity index is 1.97. The number of thiazole rings is 1. The van der Waals surface area contributed by atoms with Gasteiger partial charge in [-0.2, -0.15) is 0 Å². The first-order chi connectivity index (χ1) is 13.9. The number of rotatable bonds is 8. The van der Waals surface area contributed by atoms with Crippen LogP contribution in [0.15, 0.2) is 36.4 Å². The van der Waals surface area contributed by atoms with Gasteiger partial charge in [0.25, 0.3) is 5.91 Å². The summed E-state index contributed by atoms with van der Waals surface area (Å²) in [6, 6.07) is 11.9. The number of hydrogen-bond donors (Lipinski definition) is 0. The van der Waals surface area contributed by atoms with Crippen molar-refractivity contribution < 1.29 is 9.53 Å². The normalized spacial score (nSPS) is 11.2. The minimum atomic E-state index is 0.00837. The first-order valence-electron chi connectivity index (χ1n) is 9.96. The molecule has 0 atom stereocenters.